The van der Waals surface area contributed by atoms with Crippen molar-refractivity contribution in [3.05, 3.63) is 53.6 Å². The molecule has 0 spiro atoms. The number of anilines is 1. The zero-order valence-electron chi connectivity index (χ0n) is 12.1. The number of hydrogen-bond acceptors (Lipinski definition) is 3. The SMILES string of the molecule is COc1ccc(OCCNC(=O)Nc2cccc(Cl)c2)cc1. The molecule has 0 fully saturated rings. The number of carbonyl (C=O) groups excluding carboxylic acids is 1. The summed E-state index contributed by atoms with van der Waals surface area (Å²) in [7, 11) is 1.61. The molecule has 2 rings (SSSR count). The number of carbonyl (C=O) groups is 1. The molecular formula is C16H17ClN2O3. The van der Waals surface area contributed by atoms with Gasteiger partial charge in [0.1, 0.15) is 18.1 Å². The summed E-state index contributed by atoms with van der Waals surface area (Å²) < 4.78 is 10.6. The maximum Gasteiger partial charge on any atom is 0.319 e. The van der Waals surface area contributed by atoms with Crippen LogP contribution in [0.2, 0.25) is 5.02 Å². The lowest BCUT2D eigenvalue weighted by molar-refractivity contribution is 0.247. The fraction of sp³-hybridized carbons (Fsp3) is 0.188. The van der Waals surface area contributed by atoms with Crippen LogP contribution in [0.1, 0.15) is 0 Å². The van der Waals surface area contributed by atoms with Crippen molar-refractivity contribution < 1.29 is 14.3 Å². The van der Waals surface area contributed by atoms with Gasteiger partial charge < -0.3 is 20.1 Å². The molecule has 2 amide bonds. The van der Waals surface area contributed by atoms with Crippen LogP contribution < -0.4 is 20.1 Å². The highest BCUT2D eigenvalue weighted by atomic mass is 35.5. The van der Waals surface area contributed by atoms with Crippen LogP contribution in [0.25, 0.3) is 0 Å². The monoisotopic (exact) mass is 320 g/mol. The van der Waals surface area contributed by atoms with Crippen LogP contribution in [0.15, 0.2) is 48.5 Å². The summed E-state index contributed by atoms with van der Waals surface area (Å²) in [5.41, 5.74) is 0.640. The van der Waals surface area contributed by atoms with Gasteiger partial charge in [0.15, 0.2) is 0 Å². The molecule has 5 nitrogen and oxygen atoms in total. The minimum Gasteiger partial charge on any atom is -0.497 e. The maximum atomic E-state index is 11.7. The van der Waals surface area contributed by atoms with Crippen LogP contribution in [0, 0.1) is 0 Å². The van der Waals surface area contributed by atoms with Crippen LogP contribution in [0.3, 0.4) is 0 Å². The summed E-state index contributed by atoms with van der Waals surface area (Å²) in [6.45, 7) is 0.758. The quantitative estimate of drug-likeness (QED) is 0.800. The Kier molecular flexibility index (Phi) is 5.91. The Bertz CT molecular complexity index is 617. The molecule has 0 atom stereocenters. The summed E-state index contributed by atoms with van der Waals surface area (Å²) in [4.78, 5) is 11.7. The molecule has 2 N–H and O–H groups in total. The minimum absolute atomic E-state index is 0.305. The van der Waals surface area contributed by atoms with E-state index in [2.05, 4.69) is 10.6 Å². The summed E-state index contributed by atoms with van der Waals surface area (Å²) in [6, 6.07) is 13.9. The van der Waals surface area contributed by atoms with E-state index in [9.17, 15) is 4.79 Å². The van der Waals surface area contributed by atoms with Gasteiger partial charge in [0.2, 0.25) is 0 Å². The number of urea groups is 1. The van der Waals surface area contributed by atoms with Gasteiger partial charge in [-0.05, 0) is 42.5 Å². The largest absolute Gasteiger partial charge is 0.497 e. The van der Waals surface area contributed by atoms with Crippen molar-refractivity contribution in [2.75, 3.05) is 25.6 Å². The third-order valence-corrected chi connectivity index (χ3v) is 3.03. The van der Waals surface area contributed by atoms with Crippen molar-refractivity contribution in [1.29, 1.82) is 0 Å². The molecule has 0 heterocycles. The van der Waals surface area contributed by atoms with Crippen molar-refractivity contribution in [3.63, 3.8) is 0 Å². The molecule has 0 bridgehead atoms. The molecule has 0 aliphatic heterocycles. The van der Waals surface area contributed by atoms with Gasteiger partial charge in [-0.15, -0.1) is 0 Å². The molecule has 0 aliphatic rings. The van der Waals surface area contributed by atoms with Crippen LogP contribution in [-0.2, 0) is 0 Å². The lowest BCUT2D eigenvalue weighted by atomic mass is 10.3. The van der Waals surface area contributed by atoms with E-state index in [4.69, 9.17) is 21.1 Å². The predicted molar refractivity (Wildman–Crippen MR) is 87.0 cm³/mol. The van der Waals surface area contributed by atoms with E-state index in [0.29, 0.717) is 23.9 Å². The first kappa shape index (κ1) is 16.0. The highest BCUT2D eigenvalue weighted by molar-refractivity contribution is 6.30. The summed E-state index contributed by atoms with van der Waals surface area (Å²) >= 11 is 5.84. The Morgan fingerprint density at radius 2 is 1.86 bits per heavy atom. The Morgan fingerprint density at radius 1 is 1.14 bits per heavy atom. The summed E-state index contributed by atoms with van der Waals surface area (Å²) in [6.07, 6.45) is 0. The molecule has 0 aliphatic carbocycles. The van der Waals surface area contributed by atoms with Crippen molar-refractivity contribution in [1.82, 2.24) is 5.32 Å². The van der Waals surface area contributed by atoms with E-state index in [1.807, 2.05) is 24.3 Å². The Labute approximate surface area is 134 Å². The highest BCUT2D eigenvalue weighted by Gasteiger charge is 2.01. The number of nitrogens with one attached hydrogen (secondary N) is 2. The number of halogens is 1. The van der Waals surface area contributed by atoms with Gasteiger partial charge in [0, 0.05) is 10.7 Å². The normalized spacial score (nSPS) is 9.91. The second-order valence-electron chi connectivity index (χ2n) is 4.42. The number of benzene rings is 2. The van der Waals surface area contributed by atoms with Crippen molar-refractivity contribution in [3.8, 4) is 11.5 Å². The summed E-state index contributed by atoms with van der Waals surface area (Å²) in [5, 5.41) is 5.96. The Hall–Kier alpha value is -2.40. The highest BCUT2D eigenvalue weighted by Crippen LogP contribution is 2.17. The second kappa shape index (κ2) is 8.14. The molecule has 6 heteroatoms. The van der Waals surface area contributed by atoms with Crippen LogP contribution >= 0.6 is 11.6 Å². The van der Waals surface area contributed by atoms with Crippen LogP contribution in [-0.4, -0.2) is 26.3 Å². The first-order chi connectivity index (χ1) is 10.7. The van der Waals surface area contributed by atoms with Gasteiger partial charge in [0.25, 0.3) is 0 Å². The van der Waals surface area contributed by atoms with Gasteiger partial charge in [0.05, 0.1) is 13.7 Å². The van der Waals surface area contributed by atoms with Gasteiger partial charge in [-0.25, -0.2) is 4.79 Å². The fourth-order valence-electron chi connectivity index (χ4n) is 1.75. The molecule has 0 radical (unpaired) electrons. The van der Waals surface area contributed by atoms with Crippen LogP contribution in [0.4, 0.5) is 10.5 Å². The van der Waals surface area contributed by atoms with Gasteiger partial charge in [-0.1, -0.05) is 17.7 Å². The maximum absolute atomic E-state index is 11.7. The third-order valence-electron chi connectivity index (χ3n) is 2.80. The molecule has 0 aromatic heterocycles. The molecule has 2 aromatic rings. The van der Waals surface area contributed by atoms with Gasteiger partial charge >= 0.3 is 6.03 Å². The molecule has 2 aromatic carbocycles. The number of amides is 2. The summed E-state index contributed by atoms with van der Waals surface area (Å²) in [5.74, 6) is 1.49. The average Bonchev–Trinajstić information content (AvgIpc) is 2.52. The third kappa shape index (κ3) is 5.18. The molecule has 0 saturated heterocycles. The molecule has 0 saturated carbocycles. The topological polar surface area (TPSA) is 59.6 Å². The molecule has 116 valence electrons. The molecule has 22 heavy (non-hydrogen) atoms. The number of ether oxygens (including phenoxy) is 2. The van der Waals surface area contributed by atoms with E-state index < -0.39 is 0 Å². The van der Waals surface area contributed by atoms with E-state index >= 15 is 0 Å². The van der Waals surface area contributed by atoms with Crippen LogP contribution in [0.5, 0.6) is 11.5 Å². The fourth-order valence-corrected chi connectivity index (χ4v) is 1.94. The Balaban J connectivity index is 1.68. The van der Waals surface area contributed by atoms with Crippen molar-refractivity contribution in [2.24, 2.45) is 0 Å². The zero-order valence-corrected chi connectivity index (χ0v) is 12.9. The second-order valence-corrected chi connectivity index (χ2v) is 4.85. The van der Waals surface area contributed by atoms with Crippen molar-refractivity contribution >= 4 is 23.3 Å². The lowest BCUT2D eigenvalue weighted by Crippen LogP contribution is -2.32. The number of hydrogen-bond donors (Lipinski definition) is 2. The zero-order chi connectivity index (χ0) is 15.8. The standard InChI is InChI=1S/C16H17ClN2O3/c1-21-14-5-7-15(8-6-14)22-10-9-18-16(20)19-13-4-2-3-12(17)11-13/h2-8,11H,9-10H2,1H3,(H2,18,19,20). The average molecular weight is 321 g/mol. The van der Waals surface area contributed by atoms with Gasteiger partial charge in [-0.2, -0.15) is 0 Å². The minimum atomic E-state index is -0.305. The predicted octanol–water partition coefficient (Wildman–Crippen LogP) is 3.55. The van der Waals surface area contributed by atoms with E-state index in [1.165, 1.54) is 0 Å². The number of rotatable bonds is 6. The Morgan fingerprint density at radius 3 is 2.55 bits per heavy atom. The smallest absolute Gasteiger partial charge is 0.319 e. The molecule has 0 unspecified atom stereocenters. The molecular weight excluding hydrogens is 304 g/mol. The first-order valence-electron chi connectivity index (χ1n) is 6.74. The van der Waals surface area contributed by atoms with Gasteiger partial charge in [-0.3, -0.25) is 0 Å². The lowest BCUT2D eigenvalue weighted by Gasteiger charge is -2.09. The van der Waals surface area contributed by atoms with E-state index in [1.54, 1.807) is 31.4 Å². The number of methoxy groups -OCH3 is 1. The van der Waals surface area contributed by atoms with E-state index in [0.717, 1.165) is 11.5 Å². The van der Waals surface area contributed by atoms with E-state index in [-0.39, 0.29) is 6.03 Å². The first-order valence-corrected chi connectivity index (χ1v) is 7.12. The van der Waals surface area contributed by atoms with Crippen molar-refractivity contribution in [2.45, 2.75) is 0 Å².